The minimum Gasteiger partial charge on any atom is -0.310 e. The fraction of sp³-hybridized carbons (Fsp3) is 0.625. The van der Waals surface area contributed by atoms with Crippen molar-refractivity contribution in [3.8, 4) is 0 Å². The summed E-state index contributed by atoms with van der Waals surface area (Å²) in [5.41, 5.74) is 1.60. The van der Waals surface area contributed by atoms with Crippen LogP contribution in [-0.2, 0) is 6.54 Å². The number of hydrogen-bond donors (Lipinski definition) is 1. The summed E-state index contributed by atoms with van der Waals surface area (Å²) in [5.74, 6) is 0.650. The van der Waals surface area contributed by atoms with Crippen molar-refractivity contribution in [1.29, 1.82) is 0 Å². The summed E-state index contributed by atoms with van der Waals surface area (Å²) in [7, 11) is 0. The molecule has 0 spiro atoms. The molecule has 1 N–H and O–H groups in total. The summed E-state index contributed by atoms with van der Waals surface area (Å²) in [6.07, 6.45) is 3.66. The summed E-state index contributed by atoms with van der Waals surface area (Å²) in [6, 6.07) is 7.40. The molecule has 0 radical (unpaired) electrons. The lowest BCUT2D eigenvalue weighted by molar-refractivity contribution is -0.384. The lowest BCUT2D eigenvalue weighted by Crippen LogP contribution is -2.41. The van der Waals surface area contributed by atoms with Crippen LogP contribution < -0.4 is 5.32 Å². The Hall–Kier alpha value is -1.42. The van der Waals surface area contributed by atoms with Crippen LogP contribution in [0.25, 0.3) is 0 Å². The zero-order valence-corrected chi connectivity index (χ0v) is 12.6. The molecule has 4 heteroatoms. The van der Waals surface area contributed by atoms with Gasteiger partial charge in [-0.2, -0.15) is 0 Å². The molecule has 1 fully saturated rings. The third kappa shape index (κ3) is 3.79. The molecule has 0 amide bonds. The van der Waals surface area contributed by atoms with Crippen molar-refractivity contribution in [2.45, 2.75) is 52.6 Å². The highest BCUT2D eigenvalue weighted by molar-refractivity contribution is 5.34. The Morgan fingerprint density at radius 1 is 1.45 bits per heavy atom. The average molecular weight is 276 g/mol. The van der Waals surface area contributed by atoms with Crippen LogP contribution in [0.4, 0.5) is 5.69 Å². The van der Waals surface area contributed by atoms with Gasteiger partial charge in [0, 0.05) is 24.7 Å². The first-order valence-electron chi connectivity index (χ1n) is 7.34. The lowest BCUT2D eigenvalue weighted by atomic mass is 9.70. The predicted octanol–water partition coefficient (Wildman–Crippen LogP) is 3.90. The van der Waals surface area contributed by atoms with Crippen molar-refractivity contribution in [1.82, 2.24) is 5.32 Å². The number of nitro benzene ring substituents is 1. The number of nitrogens with one attached hydrogen (secondary N) is 1. The number of rotatable bonds is 4. The van der Waals surface area contributed by atoms with Crippen molar-refractivity contribution in [3.05, 3.63) is 39.9 Å². The first-order valence-corrected chi connectivity index (χ1v) is 7.34. The molecule has 0 bridgehead atoms. The van der Waals surface area contributed by atoms with E-state index in [1.807, 2.05) is 6.07 Å². The van der Waals surface area contributed by atoms with E-state index < -0.39 is 0 Å². The Bertz CT molecular complexity index is 485. The molecule has 2 unspecified atom stereocenters. The zero-order valence-electron chi connectivity index (χ0n) is 12.6. The molecule has 1 aromatic rings. The molecule has 0 heterocycles. The van der Waals surface area contributed by atoms with Gasteiger partial charge in [-0.15, -0.1) is 0 Å². The van der Waals surface area contributed by atoms with Gasteiger partial charge < -0.3 is 5.32 Å². The van der Waals surface area contributed by atoms with E-state index in [2.05, 4.69) is 26.1 Å². The Kier molecular flexibility index (Phi) is 4.43. The number of benzene rings is 1. The summed E-state index contributed by atoms with van der Waals surface area (Å²) in [5, 5.41) is 14.3. The molecule has 0 saturated heterocycles. The Balaban J connectivity index is 1.92. The normalized spacial score (nSPS) is 25.4. The largest absolute Gasteiger partial charge is 0.310 e. The van der Waals surface area contributed by atoms with Crippen molar-refractivity contribution < 1.29 is 4.92 Å². The molecule has 4 nitrogen and oxygen atoms in total. The van der Waals surface area contributed by atoms with Crippen molar-refractivity contribution in [2.75, 3.05) is 0 Å². The SMILES string of the molecule is CC1CC(C)(C)CCC1NCc1cccc([N+](=O)[O-])c1. The topological polar surface area (TPSA) is 55.2 Å². The number of nitrogens with zero attached hydrogens (tertiary/aromatic N) is 1. The van der Waals surface area contributed by atoms with Crippen LogP contribution in [0.5, 0.6) is 0 Å². The fourth-order valence-corrected chi connectivity index (χ4v) is 3.28. The van der Waals surface area contributed by atoms with E-state index in [0.717, 1.165) is 5.56 Å². The maximum Gasteiger partial charge on any atom is 0.269 e. The second kappa shape index (κ2) is 5.92. The average Bonchev–Trinajstić information content (AvgIpc) is 2.37. The summed E-state index contributed by atoms with van der Waals surface area (Å²) in [6.45, 7) is 7.67. The highest BCUT2D eigenvalue weighted by Gasteiger charge is 2.31. The van der Waals surface area contributed by atoms with Gasteiger partial charge in [0.1, 0.15) is 0 Å². The van der Waals surface area contributed by atoms with E-state index in [1.165, 1.54) is 25.3 Å². The second-order valence-electron chi connectivity index (χ2n) is 6.80. The number of hydrogen-bond acceptors (Lipinski definition) is 3. The fourth-order valence-electron chi connectivity index (χ4n) is 3.28. The van der Waals surface area contributed by atoms with Gasteiger partial charge in [0.15, 0.2) is 0 Å². The smallest absolute Gasteiger partial charge is 0.269 e. The van der Waals surface area contributed by atoms with E-state index in [9.17, 15) is 10.1 Å². The van der Waals surface area contributed by atoms with Gasteiger partial charge in [0.05, 0.1) is 4.92 Å². The molecule has 1 aliphatic carbocycles. The van der Waals surface area contributed by atoms with Crippen molar-refractivity contribution >= 4 is 5.69 Å². The first kappa shape index (κ1) is 15.0. The minimum atomic E-state index is -0.338. The minimum absolute atomic E-state index is 0.169. The number of non-ortho nitro benzene ring substituents is 1. The van der Waals surface area contributed by atoms with Gasteiger partial charge in [0.25, 0.3) is 5.69 Å². The van der Waals surface area contributed by atoms with Gasteiger partial charge in [-0.25, -0.2) is 0 Å². The molecule has 20 heavy (non-hydrogen) atoms. The van der Waals surface area contributed by atoms with Gasteiger partial charge in [0.2, 0.25) is 0 Å². The van der Waals surface area contributed by atoms with Crippen LogP contribution in [0, 0.1) is 21.4 Å². The van der Waals surface area contributed by atoms with Gasteiger partial charge in [-0.05, 0) is 36.2 Å². The lowest BCUT2D eigenvalue weighted by Gasteiger charge is -2.39. The molecule has 0 aromatic heterocycles. The second-order valence-corrected chi connectivity index (χ2v) is 6.80. The van der Waals surface area contributed by atoms with Crippen LogP contribution in [0.1, 0.15) is 45.6 Å². The standard InChI is InChI=1S/C16H24N2O2/c1-12-10-16(2,3)8-7-15(12)17-11-13-5-4-6-14(9-13)18(19)20/h4-6,9,12,15,17H,7-8,10-11H2,1-3H3. The molecule has 2 atom stereocenters. The zero-order chi connectivity index (χ0) is 14.8. The predicted molar refractivity (Wildman–Crippen MR) is 80.5 cm³/mol. The molecule has 110 valence electrons. The number of nitro groups is 1. The van der Waals surface area contributed by atoms with Crippen LogP contribution in [-0.4, -0.2) is 11.0 Å². The van der Waals surface area contributed by atoms with Crippen molar-refractivity contribution in [3.63, 3.8) is 0 Å². The monoisotopic (exact) mass is 276 g/mol. The van der Waals surface area contributed by atoms with E-state index in [4.69, 9.17) is 0 Å². The Morgan fingerprint density at radius 2 is 2.20 bits per heavy atom. The molecule has 2 rings (SSSR count). The molecule has 1 aliphatic rings. The Morgan fingerprint density at radius 3 is 2.85 bits per heavy atom. The van der Waals surface area contributed by atoms with Crippen molar-refractivity contribution in [2.24, 2.45) is 11.3 Å². The molecule has 1 aromatic carbocycles. The molecule has 1 saturated carbocycles. The summed E-state index contributed by atoms with van der Waals surface area (Å²) < 4.78 is 0. The van der Waals surface area contributed by atoms with Crippen LogP contribution in [0.3, 0.4) is 0 Å². The third-order valence-electron chi connectivity index (χ3n) is 4.38. The maximum absolute atomic E-state index is 10.8. The third-order valence-corrected chi connectivity index (χ3v) is 4.38. The van der Waals surface area contributed by atoms with Gasteiger partial charge in [-0.1, -0.05) is 32.9 Å². The Labute approximate surface area is 120 Å². The quantitative estimate of drug-likeness (QED) is 0.670. The molecular formula is C16H24N2O2. The highest BCUT2D eigenvalue weighted by atomic mass is 16.6. The van der Waals surface area contributed by atoms with E-state index in [-0.39, 0.29) is 10.6 Å². The first-order chi connectivity index (χ1) is 9.37. The van der Waals surface area contributed by atoms with Gasteiger partial charge >= 0.3 is 0 Å². The molecule has 0 aliphatic heterocycles. The van der Waals surface area contributed by atoms with Crippen LogP contribution in [0.15, 0.2) is 24.3 Å². The highest BCUT2D eigenvalue weighted by Crippen LogP contribution is 2.38. The van der Waals surface area contributed by atoms with Gasteiger partial charge in [-0.3, -0.25) is 10.1 Å². The maximum atomic E-state index is 10.8. The summed E-state index contributed by atoms with van der Waals surface area (Å²) in [4.78, 5) is 10.4. The van der Waals surface area contributed by atoms with E-state index in [0.29, 0.717) is 23.9 Å². The van der Waals surface area contributed by atoms with Crippen LogP contribution in [0.2, 0.25) is 0 Å². The van der Waals surface area contributed by atoms with Crippen LogP contribution >= 0.6 is 0 Å². The van der Waals surface area contributed by atoms with E-state index >= 15 is 0 Å². The molecular weight excluding hydrogens is 252 g/mol. The summed E-state index contributed by atoms with van der Waals surface area (Å²) >= 11 is 0. The van der Waals surface area contributed by atoms with E-state index in [1.54, 1.807) is 12.1 Å².